The molecule has 2 saturated heterocycles. The summed E-state index contributed by atoms with van der Waals surface area (Å²) in [6, 6.07) is 6.35. The zero-order valence-corrected chi connectivity index (χ0v) is 15.2. The van der Waals surface area contributed by atoms with Gasteiger partial charge in [0.2, 0.25) is 15.0 Å². The van der Waals surface area contributed by atoms with Crippen molar-refractivity contribution in [2.24, 2.45) is 0 Å². The molecule has 4 heterocycles. The van der Waals surface area contributed by atoms with Crippen LogP contribution in [0.1, 0.15) is 36.2 Å². The van der Waals surface area contributed by atoms with Gasteiger partial charge in [-0.25, -0.2) is 13.4 Å². The van der Waals surface area contributed by atoms with Crippen LogP contribution < -0.4 is 5.32 Å². The van der Waals surface area contributed by atoms with E-state index in [0.717, 1.165) is 31.9 Å². The summed E-state index contributed by atoms with van der Waals surface area (Å²) in [5.74, 6) is -0.218. The first-order chi connectivity index (χ1) is 11.8. The number of nitrogens with zero attached hydrogens (tertiary/aromatic N) is 3. The van der Waals surface area contributed by atoms with Crippen LogP contribution in [0.4, 0.5) is 0 Å². The number of carbonyl (C=O) groups excluding carboxylic acids is 1. The lowest BCUT2D eigenvalue weighted by molar-refractivity contribution is 0.0678. The fourth-order valence-corrected chi connectivity index (χ4v) is 4.88. The van der Waals surface area contributed by atoms with Crippen LogP contribution in [0.25, 0.3) is 5.52 Å². The van der Waals surface area contributed by atoms with Gasteiger partial charge in [0, 0.05) is 37.6 Å². The lowest BCUT2D eigenvalue weighted by Gasteiger charge is -2.35. The Bertz CT molecular complexity index is 925. The van der Waals surface area contributed by atoms with Crippen molar-refractivity contribution in [2.75, 3.05) is 13.3 Å². The van der Waals surface area contributed by atoms with Gasteiger partial charge in [-0.2, -0.15) is 0 Å². The van der Waals surface area contributed by atoms with Crippen LogP contribution >= 0.6 is 0 Å². The van der Waals surface area contributed by atoms with E-state index in [2.05, 4.69) is 10.3 Å². The van der Waals surface area contributed by atoms with Gasteiger partial charge in [0.25, 0.3) is 5.91 Å². The van der Waals surface area contributed by atoms with Gasteiger partial charge < -0.3 is 10.2 Å². The Labute approximate surface area is 147 Å². The van der Waals surface area contributed by atoms with Crippen LogP contribution in [0.3, 0.4) is 0 Å². The van der Waals surface area contributed by atoms with Gasteiger partial charge in [0.15, 0.2) is 5.69 Å². The third kappa shape index (κ3) is 2.83. The highest BCUT2D eigenvalue weighted by atomic mass is 32.2. The molecule has 0 aliphatic carbocycles. The second-order valence-corrected chi connectivity index (χ2v) is 9.06. The first-order valence-corrected chi connectivity index (χ1v) is 10.4. The van der Waals surface area contributed by atoms with Crippen LogP contribution in [-0.2, 0) is 9.84 Å². The Morgan fingerprint density at radius 2 is 1.96 bits per heavy atom. The summed E-state index contributed by atoms with van der Waals surface area (Å²) in [7, 11) is -1.73. The van der Waals surface area contributed by atoms with Crippen molar-refractivity contribution in [3.8, 4) is 0 Å². The normalized spacial score (nSPS) is 26.1. The van der Waals surface area contributed by atoms with E-state index in [1.807, 2.05) is 0 Å². The van der Waals surface area contributed by atoms with Gasteiger partial charge in [-0.05, 0) is 37.8 Å². The number of rotatable bonds is 3. The number of pyridine rings is 1. The summed E-state index contributed by atoms with van der Waals surface area (Å²) < 4.78 is 25.5. The number of imidazole rings is 1. The fourth-order valence-electron chi connectivity index (χ4n) is 4.10. The Hall–Kier alpha value is -1.93. The average Bonchev–Trinajstić information content (AvgIpc) is 3.13. The molecule has 0 spiro atoms. The van der Waals surface area contributed by atoms with Crippen LogP contribution in [0, 0.1) is 0 Å². The van der Waals surface area contributed by atoms with Gasteiger partial charge in [-0.15, -0.1) is 0 Å². The van der Waals surface area contributed by atoms with E-state index in [0.29, 0.717) is 17.6 Å². The average molecular weight is 362 g/mol. The van der Waals surface area contributed by atoms with Gasteiger partial charge >= 0.3 is 0 Å². The Morgan fingerprint density at radius 3 is 2.60 bits per heavy atom. The predicted octanol–water partition coefficient (Wildman–Crippen LogP) is 1.09. The van der Waals surface area contributed by atoms with Gasteiger partial charge in [0.1, 0.15) is 0 Å². The number of fused-ring (bicyclic) bond motifs is 3. The van der Waals surface area contributed by atoms with Crippen LogP contribution in [0.2, 0.25) is 0 Å². The first-order valence-electron chi connectivity index (χ1n) is 8.55. The molecular weight excluding hydrogens is 340 g/mol. The van der Waals surface area contributed by atoms with E-state index in [1.54, 1.807) is 36.3 Å². The van der Waals surface area contributed by atoms with Crippen LogP contribution in [0.5, 0.6) is 0 Å². The molecule has 1 amide bonds. The van der Waals surface area contributed by atoms with Crippen molar-refractivity contribution in [1.29, 1.82) is 0 Å². The first kappa shape index (κ1) is 16.5. The molecule has 0 saturated carbocycles. The molecule has 1 N–H and O–H groups in total. The second-order valence-electron chi connectivity index (χ2n) is 7.15. The Kier molecular flexibility index (Phi) is 3.84. The highest BCUT2D eigenvalue weighted by Crippen LogP contribution is 2.30. The van der Waals surface area contributed by atoms with Crippen LogP contribution in [-0.4, -0.2) is 60.0 Å². The van der Waals surface area contributed by atoms with E-state index in [4.69, 9.17) is 0 Å². The summed E-state index contributed by atoms with van der Waals surface area (Å²) in [5, 5.41) is 3.48. The molecule has 8 heteroatoms. The lowest BCUT2D eigenvalue weighted by atomic mass is 9.98. The highest BCUT2D eigenvalue weighted by molar-refractivity contribution is 7.90. The second kappa shape index (κ2) is 5.81. The molecule has 2 aromatic heterocycles. The van der Waals surface area contributed by atoms with Crippen molar-refractivity contribution in [1.82, 2.24) is 19.6 Å². The molecule has 2 aliphatic rings. The smallest absolute Gasteiger partial charge is 0.274 e. The Morgan fingerprint density at radius 1 is 1.28 bits per heavy atom. The molecule has 0 aromatic carbocycles. The monoisotopic (exact) mass is 362 g/mol. The zero-order valence-electron chi connectivity index (χ0n) is 14.3. The number of nitrogens with one attached hydrogen (secondary N) is 1. The molecule has 2 bridgehead atoms. The zero-order chi connectivity index (χ0) is 17.8. The highest BCUT2D eigenvalue weighted by Gasteiger charge is 2.37. The summed E-state index contributed by atoms with van der Waals surface area (Å²) in [4.78, 5) is 19.0. The van der Waals surface area contributed by atoms with Gasteiger partial charge in [0.05, 0.1) is 5.52 Å². The molecule has 2 aliphatic heterocycles. The molecule has 4 rings (SSSR count). The summed E-state index contributed by atoms with van der Waals surface area (Å²) in [5.41, 5.74) is 0.728. The summed E-state index contributed by atoms with van der Waals surface area (Å²) >= 11 is 0. The van der Waals surface area contributed by atoms with E-state index in [-0.39, 0.29) is 22.8 Å². The Balaban J connectivity index is 1.70. The minimum absolute atomic E-state index is 0.0924. The van der Waals surface area contributed by atoms with E-state index in [9.17, 15) is 13.2 Å². The maximum atomic E-state index is 13.1. The maximum Gasteiger partial charge on any atom is 0.274 e. The quantitative estimate of drug-likeness (QED) is 0.884. The predicted molar refractivity (Wildman–Crippen MR) is 93.4 cm³/mol. The topological polar surface area (TPSA) is 83.8 Å². The number of hydrogen-bond donors (Lipinski definition) is 1. The number of piperidine rings is 1. The molecule has 2 fully saturated rings. The number of sulfone groups is 1. The standard InChI is InChI=1S/C17H22N4O3S/c1-20(13-9-11-6-7-12(10-13)18-11)16(22)15-14-5-3-4-8-21(14)17(19-15)25(2,23)24/h3-5,8,11-13,18H,6-7,9-10H2,1-2H3. The van der Waals surface area contributed by atoms with Crippen molar-refractivity contribution >= 4 is 21.3 Å². The third-order valence-electron chi connectivity index (χ3n) is 5.37. The molecule has 7 nitrogen and oxygen atoms in total. The molecule has 25 heavy (non-hydrogen) atoms. The van der Waals surface area contributed by atoms with Crippen molar-refractivity contribution in [3.05, 3.63) is 30.1 Å². The summed E-state index contributed by atoms with van der Waals surface area (Å²) in [6.45, 7) is 0. The summed E-state index contributed by atoms with van der Waals surface area (Å²) in [6.07, 6.45) is 6.92. The fraction of sp³-hybridized carbons (Fsp3) is 0.529. The largest absolute Gasteiger partial charge is 0.337 e. The minimum Gasteiger partial charge on any atom is -0.337 e. The molecule has 2 atom stereocenters. The van der Waals surface area contributed by atoms with Crippen molar-refractivity contribution in [2.45, 2.75) is 49.0 Å². The number of hydrogen-bond acceptors (Lipinski definition) is 5. The van der Waals surface area contributed by atoms with E-state index >= 15 is 0 Å². The van der Waals surface area contributed by atoms with Gasteiger partial charge in [-0.3, -0.25) is 9.20 Å². The van der Waals surface area contributed by atoms with Gasteiger partial charge in [-0.1, -0.05) is 6.07 Å². The van der Waals surface area contributed by atoms with Crippen molar-refractivity contribution in [3.63, 3.8) is 0 Å². The maximum absolute atomic E-state index is 13.1. The third-order valence-corrected chi connectivity index (χ3v) is 6.32. The van der Waals surface area contributed by atoms with Crippen LogP contribution in [0.15, 0.2) is 29.6 Å². The molecule has 2 aromatic rings. The van der Waals surface area contributed by atoms with E-state index < -0.39 is 9.84 Å². The number of amides is 1. The molecule has 134 valence electrons. The lowest BCUT2D eigenvalue weighted by Crippen LogP contribution is -2.48. The molecule has 2 unspecified atom stereocenters. The number of aromatic nitrogens is 2. The SMILES string of the molecule is CN(C(=O)c1nc(S(C)(=O)=O)n2ccccc12)C1CC2CCC(C1)N2. The minimum atomic E-state index is -3.53. The number of carbonyl (C=O) groups is 1. The molecular formula is C17H22N4O3S. The van der Waals surface area contributed by atoms with E-state index in [1.165, 1.54) is 4.40 Å². The molecule has 0 radical (unpaired) electrons. The van der Waals surface area contributed by atoms with Crippen molar-refractivity contribution < 1.29 is 13.2 Å².